The summed E-state index contributed by atoms with van der Waals surface area (Å²) in [5.74, 6) is 0.977. The Kier molecular flexibility index (Phi) is 4.94. The molecular formula is C23H30N2O2. The lowest BCUT2D eigenvalue weighted by Crippen LogP contribution is -2.65. The van der Waals surface area contributed by atoms with E-state index in [9.17, 15) is 4.79 Å². The smallest absolute Gasteiger partial charge is 0.336 e. The van der Waals surface area contributed by atoms with Crippen LogP contribution in [0.25, 0.3) is 0 Å². The van der Waals surface area contributed by atoms with Gasteiger partial charge in [0, 0.05) is 36.7 Å². The molecule has 4 aliphatic rings. The highest BCUT2D eigenvalue weighted by Crippen LogP contribution is 2.57. The van der Waals surface area contributed by atoms with E-state index in [0.717, 1.165) is 43.6 Å². The predicted octanol–water partition coefficient (Wildman–Crippen LogP) is 3.71. The molecule has 1 saturated carbocycles. The highest BCUT2D eigenvalue weighted by atomic mass is 16.5. The number of rotatable bonds is 7. The van der Waals surface area contributed by atoms with E-state index in [0.29, 0.717) is 18.4 Å². The van der Waals surface area contributed by atoms with Gasteiger partial charge in [0.2, 0.25) is 0 Å². The number of aliphatic imine (C=N–C) groups is 1. The molecule has 4 bridgehead atoms. The van der Waals surface area contributed by atoms with Crippen LogP contribution in [0.2, 0.25) is 0 Å². The van der Waals surface area contributed by atoms with Crippen molar-refractivity contribution in [2.45, 2.75) is 44.7 Å². The molecule has 3 aliphatic heterocycles. The molecule has 1 aromatic carbocycles. The van der Waals surface area contributed by atoms with E-state index in [2.05, 4.69) is 42.7 Å². The largest absolute Gasteiger partial charge is 0.464 e. The molecule has 5 unspecified atom stereocenters. The molecule has 0 aromatic heterocycles. The highest BCUT2D eigenvalue weighted by Gasteiger charge is 2.69. The molecule has 27 heavy (non-hydrogen) atoms. The zero-order valence-corrected chi connectivity index (χ0v) is 16.4. The van der Waals surface area contributed by atoms with E-state index in [4.69, 9.17) is 9.73 Å². The minimum Gasteiger partial charge on any atom is -0.464 e. The van der Waals surface area contributed by atoms with Crippen molar-refractivity contribution in [1.29, 1.82) is 0 Å². The van der Waals surface area contributed by atoms with Crippen LogP contribution >= 0.6 is 0 Å². The van der Waals surface area contributed by atoms with Gasteiger partial charge < -0.3 is 4.74 Å². The molecule has 3 heterocycles. The topological polar surface area (TPSA) is 41.9 Å². The number of ether oxygens (including phenoxy) is 1. The highest BCUT2D eigenvalue weighted by molar-refractivity contribution is 6.06. The summed E-state index contributed by atoms with van der Waals surface area (Å²) in [4.78, 5) is 21.0. The first-order valence-electron chi connectivity index (χ1n) is 10.3. The second kappa shape index (κ2) is 7.23. The molecule has 4 nitrogen and oxygen atoms in total. The maximum absolute atomic E-state index is 13.3. The van der Waals surface area contributed by atoms with E-state index >= 15 is 0 Å². The molecule has 5 atom stereocenters. The van der Waals surface area contributed by atoms with Crippen molar-refractivity contribution in [2.75, 3.05) is 19.7 Å². The average molecular weight is 367 g/mol. The molecule has 0 radical (unpaired) electrons. The van der Waals surface area contributed by atoms with E-state index < -0.39 is 5.54 Å². The Morgan fingerprint density at radius 2 is 2.15 bits per heavy atom. The monoisotopic (exact) mass is 366 g/mol. The third kappa shape index (κ3) is 2.68. The zero-order chi connectivity index (χ0) is 19.0. The third-order valence-corrected chi connectivity index (χ3v) is 6.70. The first-order valence-corrected chi connectivity index (χ1v) is 10.3. The Hall–Kier alpha value is -1.94. The standard InChI is InChI=1S/C23H30N2O2/c1-4-10-18-19-14-17-15-25(13-5-2)21(18)23(17,22(26)27-6-3)24-20(19)16-11-8-7-9-12-16/h5,7-9,11-12,17-19,21H,2,4,6,10,13-15H2,1,3H3. The summed E-state index contributed by atoms with van der Waals surface area (Å²) >= 11 is 0. The molecule has 0 amide bonds. The van der Waals surface area contributed by atoms with Crippen LogP contribution in [0.4, 0.5) is 0 Å². The zero-order valence-electron chi connectivity index (χ0n) is 16.4. The summed E-state index contributed by atoms with van der Waals surface area (Å²) in [6.07, 6.45) is 5.22. The maximum Gasteiger partial charge on any atom is 0.336 e. The predicted molar refractivity (Wildman–Crippen MR) is 108 cm³/mol. The molecule has 144 valence electrons. The number of likely N-dealkylation sites (tertiary alicyclic amines) is 1. The van der Waals surface area contributed by atoms with Crippen LogP contribution in [0.5, 0.6) is 0 Å². The van der Waals surface area contributed by atoms with Gasteiger partial charge in [-0.1, -0.05) is 49.8 Å². The second-order valence-electron chi connectivity index (χ2n) is 8.09. The lowest BCUT2D eigenvalue weighted by molar-refractivity contribution is -0.155. The fraction of sp³-hybridized carbons (Fsp3) is 0.565. The summed E-state index contributed by atoms with van der Waals surface area (Å²) in [5, 5.41) is 0. The fourth-order valence-electron chi connectivity index (χ4n) is 5.88. The number of hydrogen-bond donors (Lipinski definition) is 0. The van der Waals surface area contributed by atoms with Gasteiger partial charge in [-0.25, -0.2) is 4.79 Å². The lowest BCUT2D eigenvalue weighted by Gasteiger charge is -2.52. The van der Waals surface area contributed by atoms with Crippen LogP contribution in [0.15, 0.2) is 48.0 Å². The van der Waals surface area contributed by atoms with Crippen molar-refractivity contribution in [3.05, 3.63) is 48.6 Å². The van der Waals surface area contributed by atoms with Crippen LogP contribution < -0.4 is 0 Å². The number of carbonyl (C=O) groups excluding carboxylic acids is 1. The van der Waals surface area contributed by atoms with Crippen LogP contribution in [-0.2, 0) is 9.53 Å². The Morgan fingerprint density at radius 3 is 2.81 bits per heavy atom. The number of hydrogen-bond acceptors (Lipinski definition) is 4. The number of carbonyl (C=O) groups is 1. The van der Waals surface area contributed by atoms with Crippen molar-refractivity contribution in [3.63, 3.8) is 0 Å². The summed E-state index contributed by atoms with van der Waals surface area (Å²) in [6, 6.07) is 10.5. The SMILES string of the molecule is C=CCN1CC2CC3C(c4ccccc4)=NC2(C(=O)OCC)C1C3CCC. The second-order valence-corrected chi connectivity index (χ2v) is 8.09. The van der Waals surface area contributed by atoms with Crippen LogP contribution in [0.3, 0.4) is 0 Å². The third-order valence-electron chi connectivity index (χ3n) is 6.70. The molecule has 1 saturated heterocycles. The van der Waals surface area contributed by atoms with Crippen molar-refractivity contribution in [1.82, 2.24) is 4.90 Å². The molecule has 0 spiro atoms. The van der Waals surface area contributed by atoms with Crippen molar-refractivity contribution >= 4 is 11.7 Å². The fourth-order valence-corrected chi connectivity index (χ4v) is 5.88. The van der Waals surface area contributed by atoms with Gasteiger partial charge in [-0.15, -0.1) is 6.58 Å². The Morgan fingerprint density at radius 1 is 1.37 bits per heavy atom. The van der Waals surface area contributed by atoms with Crippen molar-refractivity contribution in [3.8, 4) is 0 Å². The lowest BCUT2D eigenvalue weighted by atomic mass is 9.57. The first kappa shape index (κ1) is 18.4. The Bertz CT molecular complexity index is 744. The number of benzene rings is 1. The Labute approximate surface area is 162 Å². The van der Waals surface area contributed by atoms with E-state index in [1.54, 1.807) is 0 Å². The quantitative estimate of drug-likeness (QED) is 0.546. The van der Waals surface area contributed by atoms with E-state index in [1.165, 1.54) is 0 Å². The van der Waals surface area contributed by atoms with E-state index in [1.807, 2.05) is 19.1 Å². The van der Waals surface area contributed by atoms with Gasteiger partial charge in [-0.2, -0.15) is 0 Å². The minimum absolute atomic E-state index is 0.126. The maximum atomic E-state index is 13.3. The van der Waals surface area contributed by atoms with Gasteiger partial charge >= 0.3 is 5.97 Å². The van der Waals surface area contributed by atoms with Gasteiger partial charge in [0.05, 0.1) is 6.61 Å². The molecule has 2 fully saturated rings. The first-order chi connectivity index (χ1) is 13.2. The van der Waals surface area contributed by atoms with Gasteiger partial charge in [-0.3, -0.25) is 9.89 Å². The molecular weight excluding hydrogens is 336 g/mol. The summed E-state index contributed by atoms with van der Waals surface area (Å²) in [6.45, 7) is 10.2. The van der Waals surface area contributed by atoms with Crippen LogP contribution in [0.1, 0.15) is 38.7 Å². The average Bonchev–Trinajstić information content (AvgIpc) is 2.93. The van der Waals surface area contributed by atoms with Gasteiger partial charge in [0.15, 0.2) is 5.54 Å². The summed E-state index contributed by atoms with van der Waals surface area (Å²) in [5.41, 5.74) is 1.53. The summed E-state index contributed by atoms with van der Waals surface area (Å²) < 4.78 is 5.62. The van der Waals surface area contributed by atoms with Gasteiger partial charge in [0.1, 0.15) is 0 Å². The van der Waals surface area contributed by atoms with Gasteiger partial charge in [0.25, 0.3) is 0 Å². The number of nitrogens with zero attached hydrogens (tertiary/aromatic N) is 2. The van der Waals surface area contributed by atoms with Gasteiger partial charge in [-0.05, 0) is 31.2 Å². The van der Waals surface area contributed by atoms with E-state index in [-0.39, 0.29) is 17.9 Å². The van der Waals surface area contributed by atoms with Crippen LogP contribution in [-0.4, -0.2) is 47.9 Å². The van der Waals surface area contributed by atoms with Crippen molar-refractivity contribution < 1.29 is 9.53 Å². The van der Waals surface area contributed by atoms with Crippen LogP contribution in [0, 0.1) is 17.8 Å². The molecule has 1 aromatic rings. The van der Waals surface area contributed by atoms with Crippen molar-refractivity contribution in [2.24, 2.45) is 22.7 Å². The summed E-state index contributed by atoms with van der Waals surface area (Å²) in [7, 11) is 0. The Balaban J connectivity index is 1.87. The number of esters is 1. The molecule has 1 aliphatic carbocycles. The minimum atomic E-state index is -0.751. The molecule has 4 heteroatoms. The molecule has 5 rings (SSSR count). The molecule has 0 N–H and O–H groups in total. The normalized spacial score (nSPS) is 34.4.